The van der Waals surface area contributed by atoms with Crippen molar-refractivity contribution in [2.24, 2.45) is 0 Å². The Morgan fingerprint density at radius 1 is 1.13 bits per heavy atom. The topological polar surface area (TPSA) is 20.2 Å². The lowest BCUT2D eigenvalue weighted by atomic mass is 10.3. The Morgan fingerprint density at radius 3 is 2.07 bits per heavy atom. The molecule has 1 rings (SSSR count). The maximum Gasteiger partial charge on any atom is 0.126 e. The first-order chi connectivity index (χ1) is 7.11. The van der Waals surface area contributed by atoms with E-state index in [1.807, 2.05) is 0 Å². The van der Waals surface area contributed by atoms with Gasteiger partial charge in [0, 0.05) is 5.19 Å². The minimum atomic E-state index is -1.81. The van der Waals surface area contributed by atoms with Gasteiger partial charge in [0.05, 0.1) is 8.07 Å². The zero-order valence-electron chi connectivity index (χ0n) is 9.68. The number of halogens is 1. The number of hydrogen-bond acceptors (Lipinski definition) is 1. The average molecular weight is 226 g/mol. The SMILES string of the molecule is CC[Si](CC)(CC)c1c(O)cccc1F. The second-order valence-corrected chi connectivity index (χ2v) is 9.16. The fraction of sp³-hybridized carbons (Fsp3) is 0.500. The molecule has 0 aromatic heterocycles. The van der Waals surface area contributed by atoms with E-state index in [-0.39, 0.29) is 11.6 Å². The Balaban J connectivity index is 3.34. The number of rotatable bonds is 4. The van der Waals surface area contributed by atoms with Gasteiger partial charge < -0.3 is 5.11 Å². The van der Waals surface area contributed by atoms with E-state index in [4.69, 9.17) is 0 Å². The molecule has 84 valence electrons. The Morgan fingerprint density at radius 2 is 1.67 bits per heavy atom. The highest BCUT2D eigenvalue weighted by atomic mass is 28.3. The van der Waals surface area contributed by atoms with Crippen LogP contribution in [0.15, 0.2) is 18.2 Å². The average Bonchev–Trinajstić information content (AvgIpc) is 2.24. The molecule has 0 fully saturated rings. The first-order valence-electron chi connectivity index (χ1n) is 5.59. The minimum Gasteiger partial charge on any atom is -0.508 e. The van der Waals surface area contributed by atoms with Gasteiger partial charge >= 0.3 is 0 Å². The zero-order valence-corrected chi connectivity index (χ0v) is 10.7. The summed E-state index contributed by atoms with van der Waals surface area (Å²) in [7, 11) is -1.81. The number of phenols is 1. The molecule has 1 N–H and O–H groups in total. The molecule has 15 heavy (non-hydrogen) atoms. The van der Waals surface area contributed by atoms with Crippen molar-refractivity contribution in [1.29, 1.82) is 0 Å². The summed E-state index contributed by atoms with van der Waals surface area (Å²) in [6, 6.07) is 7.56. The van der Waals surface area contributed by atoms with Crippen LogP contribution in [0.3, 0.4) is 0 Å². The van der Waals surface area contributed by atoms with Gasteiger partial charge in [0.1, 0.15) is 11.6 Å². The first-order valence-corrected chi connectivity index (χ1v) is 8.21. The Labute approximate surface area is 92.0 Å². The largest absolute Gasteiger partial charge is 0.508 e. The fourth-order valence-electron chi connectivity index (χ4n) is 2.32. The van der Waals surface area contributed by atoms with Crippen LogP contribution in [-0.2, 0) is 0 Å². The lowest BCUT2D eigenvalue weighted by Gasteiger charge is -2.29. The van der Waals surface area contributed by atoms with Gasteiger partial charge in [-0.15, -0.1) is 0 Å². The van der Waals surface area contributed by atoms with Crippen molar-refractivity contribution in [3.8, 4) is 5.75 Å². The molecule has 0 radical (unpaired) electrons. The van der Waals surface area contributed by atoms with Crippen LogP contribution in [-0.4, -0.2) is 13.2 Å². The normalized spacial score (nSPS) is 11.7. The van der Waals surface area contributed by atoms with E-state index in [0.29, 0.717) is 5.19 Å². The molecule has 0 aliphatic rings. The summed E-state index contributed by atoms with van der Waals surface area (Å²) >= 11 is 0. The second-order valence-electron chi connectivity index (χ2n) is 3.97. The van der Waals surface area contributed by atoms with Crippen molar-refractivity contribution < 1.29 is 9.50 Å². The van der Waals surface area contributed by atoms with Crippen molar-refractivity contribution >= 4 is 13.3 Å². The molecular formula is C12H19FOSi. The molecule has 0 saturated heterocycles. The molecule has 0 saturated carbocycles. The fourth-order valence-corrected chi connectivity index (χ4v) is 6.10. The Bertz CT molecular complexity index is 306. The molecule has 0 amide bonds. The molecule has 0 spiro atoms. The van der Waals surface area contributed by atoms with Gasteiger partial charge in [-0.1, -0.05) is 45.0 Å². The van der Waals surface area contributed by atoms with Gasteiger partial charge in [-0.3, -0.25) is 0 Å². The summed E-state index contributed by atoms with van der Waals surface area (Å²) in [5.74, 6) is -0.0839. The van der Waals surface area contributed by atoms with Crippen molar-refractivity contribution in [3.63, 3.8) is 0 Å². The lowest BCUT2D eigenvalue weighted by Crippen LogP contribution is -2.47. The van der Waals surface area contributed by atoms with Crippen molar-refractivity contribution in [3.05, 3.63) is 24.0 Å². The molecular weight excluding hydrogens is 207 g/mol. The minimum absolute atomic E-state index is 0.146. The summed E-state index contributed by atoms with van der Waals surface area (Å²) in [6.07, 6.45) is 0. The molecule has 1 aromatic rings. The molecule has 0 unspecified atom stereocenters. The number of phenolic OH excluding ortho intramolecular Hbond substituents is 1. The monoisotopic (exact) mass is 226 g/mol. The van der Waals surface area contributed by atoms with Crippen molar-refractivity contribution in [2.75, 3.05) is 0 Å². The number of aromatic hydroxyl groups is 1. The Hall–Kier alpha value is -0.833. The van der Waals surface area contributed by atoms with E-state index in [2.05, 4.69) is 20.8 Å². The van der Waals surface area contributed by atoms with Crippen LogP contribution in [0, 0.1) is 5.82 Å². The summed E-state index contributed by atoms with van der Waals surface area (Å²) in [5.41, 5.74) is 0. The van der Waals surface area contributed by atoms with E-state index in [9.17, 15) is 9.50 Å². The van der Waals surface area contributed by atoms with Crippen molar-refractivity contribution in [2.45, 2.75) is 38.9 Å². The summed E-state index contributed by atoms with van der Waals surface area (Å²) < 4.78 is 13.8. The van der Waals surface area contributed by atoms with Gasteiger partial charge in [-0.05, 0) is 12.1 Å². The van der Waals surface area contributed by atoms with Crippen molar-refractivity contribution in [1.82, 2.24) is 0 Å². The molecule has 0 aliphatic heterocycles. The van der Waals surface area contributed by atoms with E-state index in [0.717, 1.165) is 18.1 Å². The number of hydrogen-bond donors (Lipinski definition) is 1. The third kappa shape index (κ3) is 2.07. The summed E-state index contributed by atoms with van der Waals surface area (Å²) in [4.78, 5) is 0. The molecule has 3 heteroatoms. The predicted octanol–water partition coefficient (Wildman–Crippen LogP) is 3.25. The third-order valence-electron chi connectivity index (χ3n) is 3.55. The first kappa shape index (κ1) is 12.2. The van der Waals surface area contributed by atoms with Crippen LogP contribution in [0.1, 0.15) is 20.8 Å². The van der Waals surface area contributed by atoms with E-state index >= 15 is 0 Å². The summed E-state index contributed by atoms with van der Waals surface area (Å²) in [5, 5.41) is 10.4. The molecule has 0 bridgehead atoms. The van der Waals surface area contributed by atoms with Crippen LogP contribution in [0.25, 0.3) is 0 Å². The third-order valence-corrected chi connectivity index (χ3v) is 9.17. The predicted molar refractivity (Wildman–Crippen MR) is 64.9 cm³/mol. The molecule has 0 heterocycles. The smallest absolute Gasteiger partial charge is 0.126 e. The van der Waals surface area contributed by atoms with Crippen LogP contribution in [0.2, 0.25) is 18.1 Å². The lowest BCUT2D eigenvalue weighted by molar-refractivity contribution is 0.474. The van der Waals surface area contributed by atoms with Crippen LogP contribution < -0.4 is 5.19 Å². The van der Waals surface area contributed by atoms with Gasteiger partial charge in [0.2, 0.25) is 0 Å². The molecule has 1 aromatic carbocycles. The Kier molecular flexibility index (Phi) is 3.91. The van der Waals surface area contributed by atoms with Gasteiger partial charge in [0.25, 0.3) is 0 Å². The van der Waals surface area contributed by atoms with Crippen LogP contribution in [0.5, 0.6) is 5.75 Å². The maximum absolute atomic E-state index is 13.8. The standard InChI is InChI=1S/C12H19FOSi/c1-4-15(5-2,6-3)12-10(13)8-7-9-11(12)14/h7-9,14H,4-6H2,1-3H3. The molecule has 0 aliphatic carbocycles. The second kappa shape index (κ2) is 4.79. The zero-order chi connectivity index (χ0) is 11.5. The quantitative estimate of drug-likeness (QED) is 0.781. The highest BCUT2D eigenvalue weighted by molar-refractivity contribution is 6.92. The van der Waals surface area contributed by atoms with Gasteiger partial charge in [-0.2, -0.15) is 0 Å². The van der Waals surface area contributed by atoms with E-state index in [1.54, 1.807) is 12.1 Å². The highest BCUT2D eigenvalue weighted by Crippen LogP contribution is 2.25. The molecule has 1 nitrogen and oxygen atoms in total. The van der Waals surface area contributed by atoms with E-state index in [1.165, 1.54) is 6.07 Å². The summed E-state index contributed by atoms with van der Waals surface area (Å²) in [6.45, 7) is 6.31. The van der Waals surface area contributed by atoms with Crippen LogP contribution >= 0.6 is 0 Å². The maximum atomic E-state index is 13.8. The van der Waals surface area contributed by atoms with Crippen LogP contribution in [0.4, 0.5) is 4.39 Å². The van der Waals surface area contributed by atoms with E-state index < -0.39 is 8.07 Å². The molecule has 0 atom stereocenters. The number of benzene rings is 1. The van der Waals surface area contributed by atoms with Gasteiger partial charge in [0.15, 0.2) is 0 Å². The van der Waals surface area contributed by atoms with Gasteiger partial charge in [-0.25, -0.2) is 4.39 Å². The highest BCUT2D eigenvalue weighted by Gasteiger charge is 2.34.